The molecule has 32 heavy (non-hydrogen) atoms. The number of hydrazone groups is 1. The van der Waals surface area contributed by atoms with E-state index in [1.807, 2.05) is 76.2 Å². The molecule has 1 aliphatic rings. The lowest BCUT2D eigenvalue weighted by Crippen LogP contribution is -2.41. The molecule has 0 radical (unpaired) electrons. The number of aromatic nitrogens is 1. The van der Waals surface area contributed by atoms with Crippen molar-refractivity contribution in [3.8, 4) is 5.75 Å². The summed E-state index contributed by atoms with van der Waals surface area (Å²) in [6.45, 7) is 8.61. The predicted molar refractivity (Wildman–Crippen MR) is 131 cm³/mol. The Morgan fingerprint density at radius 3 is 2.50 bits per heavy atom. The summed E-state index contributed by atoms with van der Waals surface area (Å²) in [6.07, 6.45) is 1.72. The number of anilines is 2. The quantitative estimate of drug-likeness (QED) is 0.321. The molecule has 0 amide bonds. The Kier molecular flexibility index (Phi) is 6.23. The van der Waals surface area contributed by atoms with Crippen LogP contribution in [-0.4, -0.2) is 29.5 Å². The second kappa shape index (κ2) is 8.93. The molecule has 0 spiro atoms. The molecule has 3 aromatic rings. The summed E-state index contributed by atoms with van der Waals surface area (Å²) >= 11 is 1.39. The Morgan fingerprint density at radius 1 is 1.12 bits per heavy atom. The van der Waals surface area contributed by atoms with E-state index < -0.39 is 18.3 Å². The van der Waals surface area contributed by atoms with Gasteiger partial charge in [0.1, 0.15) is 18.2 Å². The largest absolute Gasteiger partial charge is 0.495 e. The first-order chi connectivity index (χ1) is 15.2. The van der Waals surface area contributed by atoms with Gasteiger partial charge in [-0.25, -0.2) is 4.98 Å². The van der Waals surface area contributed by atoms with Crippen LogP contribution in [0.4, 0.5) is 10.9 Å². The first-order valence-corrected chi connectivity index (χ1v) is 11.3. The molecule has 0 aliphatic carbocycles. The molecule has 1 aliphatic heterocycles. The third-order valence-electron chi connectivity index (χ3n) is 5.70. The van der Waals surface area contributed by atoms with Gasteiger partial charge in [0.25, 0.3) is 0 Å². The van der Waals surface area contributed by atoms with Gasteiger partial charge >= 0.3 is 7.12 Å². The second-order valence-electron chi connectivity index (χ2n) is 8.60. The van der Waals surface area contributed by atoms with E-state index in [1.54, 1.807) is 11.6 Å². The topological polar surface area (TPSA) is 91.0 Å². The number of nitrogens with one attached hydrogen (secondary N) is 1. The monoisotopic (exact) mass is 450 g/mol. The van der Waals surface area contributed by atoms with E-state index in [-0.39, 0.29) is 0 Å². The van der Waals surface area contributed by atoms with Crippen LogP contribution in [0.1, 0.15) is 38.8 Å². The fourth-order valence-corrected chi connectivity index (χ4v) is 3.72. The fraction of sp³-hybridized carbons (Fsp3) is 0.304. The molecule has 1 fully saturated rings. The zero-order chi connectivity index (χ0) is 22.8. The third-order valence-corrected chi connectivity index (χ3v) is 6.46. The van der Waals surface area contributed by atoms with E-state index in [9.17, 15) is 0 Å². The molecule has 1 aromatic heterocycles. The smallest absolute Gasteiger partial charge is 0.489 e. The van der Waals surface area contributed by atoms with Gasteiger partial charge in [-0.05, 0) is 56.4 Å². The molecule has 1 saturated heterocycles. The summed E-state index contributed by atoms with van der Waals surface area (Å²) in [5, 5.41) is 6.71. The zero-order valence-electron chi connectivity index (χ0n) is 18.7. The number of ether oxygens (including phenoxy) is 1. The first kappa shape index (κ1) is 22.3. The van der Waals surface area contributed by atoms with Gasteiger partial charge < -0.3 is 19.8 Å². The van der Waals surface area contributed by atoms with Gasteiger partial charge in [0, 0.05) is 5.38 Å². The van der Waals surface area contributed by atoms with Gasteiger partial charge in [0.2, 0.25) is 5.13 Å². The molecule has 3 N–H and O–H groups in total. The Balaban J connectivity index is 1.58. The Hall–Kier alpha value is -2.88. The molecule has 2 heterocycles. The third kappa shape index (κ3) is 4.95. The minimum Gasteiger partial charge on any atom is -0.489 e. The Morgan fingerprint density at radius 2 is 1.84 bits per heavy atom. The van der Waals surface area contributed by atoms with Crippen LogP contribution in [-0.2, 0) is 15.9 Å². The normalized spacial score (nSPS) is 17.1. The molecule has 0 bridgehead atoms. The molecule has 9 heteroatoms. The lowest BCUT2D eigenvalue weighted by Gasteiger charge is -2.32. The van der Waals surface area contributed by atoms with Crippen LogP contribution < -0.4 is 21.4 Å². The number of rotatable bonds is 7. The number of benzene rings is 2. The van der Waals surface area contributed by atoms with Crippen molar-refractivity contribution in [1.29, 1.82) is 0 Å². The molecule has 0 saturated carbocycles. The van der Waals surface area contributed by atoms with Gasteiger partial charge in [0.15, 0.2) is 0 Å². The maximum Gasteiger partial charge on any atom is 0.495 e. The van der Waals surface area contributed by atoms with Gasteiger partial charge in [-0.3, -0.25) is 5.43 Å². The summed E-state index contributed by atoms with van der Waals surface area (Å²) in [7, 11) is -0.514. The summed E-state index contributed by atoms with van der Waals surface area (Å²) in [4.78, 5) is 4.16. The number of thiazole rings is 1. The fourth-order valence-electron chi connectivity index (χ4n) is 3.17. The van der Waals surface area contributed by atoms with Gasteiger partial charge in [-0.2, -0.15) is 5.10 Å². The van der Waals surface area contributed by atoms with Crippen molar-refractivity contribution in [3.05, 3.63) is 65.0 Å². The van der Waals surface area contributed by atoms with E-state index in [4.69, 9.17) is 19.8 Å². The lowest BCUT2D eigenvalue weighted by atomic mass is 9.76. The highest BCUT2D eigenvalue weighted by Crippen LogP contribution is 2.36. The van der Waals surface area contributed by atoms with Crippen molar-refractivity contribution in [3.63, 3.8) is 0 Å². The molecule has 0 atom stereocenters. The Labute approximate surface area is 192 Å². The maximum absolute atomic E-state index is 6.26. The van der Waals surface area contributed by atoms with Crippen LogP contribution in [0.25, 0.3) is 0 Å². The van der Waals surface area contributed by atoms with Crippen molar-refractivity contribution in [2.24, 2.45) is 5.10 Å². The summed E-state index contributed by atoms with van der Waals surface area (Å²) in [6, 6.07) is 15.9. The van der Waals surface area contributed by atoms with Crippen LogP contribution in [0.2, 0.25) is 0 Å². The number of hydrogen-bond donors (Lipinski definition) is 2. The molecule has 4 rings (SSSR count). The van der Waals surface area contributed by atoms with E-state index in [0.29, 0.717) is 17.6 Å². The van der Waals surface area contributed by atoms with Crippen molar-refractivity contribution in [2.75, 3.05) is 11.2 Å². The Bertz CT molecular complexity index is 1090. The highest BCUT2D eigenvalue weighted by Gasteiger charge is 2.52. The average Bonchev–Trinajstić information content (AvgIpc) is 3.26. The molecule has 2 aromatic carbocycles. The second-order valence-corrected chi connectivity index (χ2v) is 9.46. The maximum atomic E-state index is 6.26. The van der Waals surface area contributed by atoms with Gasteiger partial charge in [0.05, 0.1) is 17.4 Å². The number of hydrogen-bond acceptors (Lipinski definition) is 8. The zero-order valence-corrected chi connectivity index (χ0v) is 19.5. The van der Waals surface area contributed by atoms with E-state index >= 15 is 0 Å². The SMILES string of the molecule is CC1(C)OB(c2ccc(OCc3ccccc3)cc2C=NNc2nc(N)cs2)OC1(C)C. The molecule has 0 unspecified atom stereocenters. The van der Waals surface area contributed by atoms with E-state index in [0.717, 1.165) is 22.3 Å². The van der Waals surface area contributed by atoms with Crippen LogP contribution in [0, 0.1) is 0 Å². The molecule has 166 valence electrons. The predicted octanol–water partition coefficient (Wildman–Crippen LogP) is 4.05. The molecular weight excluding hydrogens is 423 g/mol. The first-order valence-electron chi connectivity index (χ1n) is 10.4. The van der Waals surface area contributed by atoms with Crippen molar-refractivity contribution in [2.45, 2.75) is 45.5 Å². The van der Waals surface area contributed by atoms with Crippen molar-refractivity contribution >= 4 is 41.1 Å². The average molecular weight is 450 g/mol. The molecular formula is C23H27BN4O3S. The van der Waals surface area contributed by atoms with Crippen LogP contribution in [0.15, 0.2) is 59.0 Å². The van der Waals surface area contributed by atoms with Crippen molar-refractivity contribution in [1.82, 2.24) is 4.98 Å². The lowest BCUT2D eigenvalue weighted by molar-refractivity contribution is 0.00578. The number of nitrogen functional groups attached to an aromatic ring is 1. The highest BCUT2D eigenvalue weighted by molar-refractivity contribution is 7.14. The minimum absolute atomic E-state index is 0.439. The van der Waals surface area contributed by atoms with Crippen molar-refractivity contribution < 1.29 is 14.0 Å². The summed E-state index contributed by atoms with van der Waals surface area (Å²) in [5.74, 6) is 1.19. The number of nitrogens with two attached hydrogens (primary N) is 1. The van der Waals surface area contributed by atoms with Crippen LogP contribution >= 0.6 is 11.3 Å². The number of nitrogens with zero attached hydrogens (tertiary/aromatic N) is 2. The molecule has 7 nitrogen and oxygen atoms in total. The van der Waals surface area contributed by atoms with Gasteiger partial charge in [-0.15, -0.1) is 11.3 Å². The summed E-state index contributed by atoms with van der Waals surface area (Å²) in [5.41, 5.74) is 10.5. The van der Waals surface area contributed by atoms with E-state index in [2.05, 4.69) is 15.5 Å². The van der Waals surface area contributed by atoms with E-state index in [1.165, 1.54) is 11.3 Å². The van der Waals surface area contributed by atoms with Gasteiger partial charge in [-0.1, -0.05) is 36.4 Å². The minimum atomic E-state index is -0.514. The van der Waals surface area contributed by atoms with Crippen LogP contribution in [0.5, 0.6) is 5.75 Å². The highest BCUT2D eigenvalue weighted by atomic mass is 32.1. The van der Waals surface area contributed by atoms with Crippen LogP contribution in [0.3, 0.4) is 0 Å². The standard InChI is InChI=1S/C23H27BN4O3S/c1-22(2)23(3,4)31-24(30-22)19-11-10-18(29-14-16-8-6-5-7-9-16)12-17(19)13-26-28-21-27-20(25)15-32-21/h5-13,15H,14,25H2,1-4H3,(H,27,28). The summed E-state index contributed by atoms with van der Waals surface area (Å²) < 4.78 is 18.5.